The Kier molecular flexibility index (Phi) is 2.15. The zero-order valence-electron chi connectivity index (χ0n) is 8.60. The van der Waals surface area contributed by atoms with Crippen molar-refractivity contribution in [2.24, 2.45) is 0 Å². The summed E-state index contributed by atoms with van der Waals surface area (Å²) < 4.78 is 2.03. The van der Waals surface area contributed by atoms with Crippen molar-refractivity contribution in [3.8, 4) is 0 Å². The predicted octanol–water partition coefficient (Wildman–Crippen LogP) is 2.27. The zero-order chi connectivity index (χ0) is 11.0. The SMILES string of the molecule is CCn1c(C)nc2cc([N+](=O)[O-])ccc21. The number of nitro benzene ring substituents is 1. The van der Waals surface area contributed by atoms with Gasteiger partial charge in [-0.05, 0) is 19.9 Å². The van der Waals surface area contributed by atoms with Crippen molar-refractivity contribution in [3.63, 3.8) is 0 Å². The Morgan fingerprint density at radius 2 is 2.27 bits per heavy atom. The van der Waals surface area contributed by atoms with E-state index in [0.717, 1.165) is 17.9 Å². The van der Waals surface area contributed by atoms with E-state index in [1.807, 2.05) is 18.4 Å². The number of fused-ring (bicyclic) bond motifs is 1. The van der Waals surface area contributed by atoms with E-state index in [1.54, 1.807) is 6.07 Å². The van der Waals surface area contributed by atoms with Gasteiger partial charge in [-0.2, -0.15) is 0 Å². The van der Waals surface area contributed by atoms with Crippen molar-refractivity contribution < 1.29 is 4.92 Å². The van der Waals surface area contributed by atoms with Gasteiger partial charge in [0.25, 0.3) is 5.69 Å². The van der Waals surface area contributed by atoms with Gasteiger partial charge >= 0.3 is 0 Å². The van der Waals surface area contributed by atoms with E-state index >= 15 is 0 Å². The van der Waals surface area contributed by atoms with Crippen LogP contribution in [0.5, 0.6) is 0 Å². The van der Waals surface area contributed by atoms with E-state index < -0.39 is 4.92 Å². The lowest BCUT2D eigenvalue weighted by atomic mass is 10.3. The lowest BCUT2D eigenvalue weighted by Gasteiger charge is -2.00. The van der Waals surface area contributed by atoms with Crippen molar-refractivity contribution in [1.29, 1.82) is 0 Å². The minimum absolute atomic E-state index is 0.0863. The molecule has 1 aromatic heterocycles. The topological polar surface area (TPSA) is 61.0 Å². The summed E-state index contributed by atoms with van der Waals surface area (Å²) in [5.74, 6) is 0.882. The van der Waals surface area contributed by atoms with Crippen LogP contribution in [0, 0.1) is 17.0 Å². The summed E-state index contributed by atoms with van der Waals surface area (Å²) in [6.07, 6.45) is 0. The second kappa shape index (κ2) is 3.34. The van der Waals surface area contributed by atoms with E-state index in [1.165, 1.54) is 12.1 Å². The van der Waals surface area contributed by atoms with E-state index in [4.69, 9.17) is 0 Å². The maximum absolute atomic E-state index is 10.6. The van der Waals surface area contributed by atoms with Crippen LogP contribution in [-0.2, 0) is 6.54 Å². The maximum Gasteiger partial charge on any atom is 0.271 e. The molecule has 0 radical (unpaired) electrons. The average molecular weight is 205 g/mol. The molecule has 78 valence electrons. The number of hydrogen-bond donors (Lipinski definition) is 0. The molecule has 15 heavy (non-hydrogen) atoms. The lowest BCUT2D eigenvalue weighted by molar-refractivity contribution is -0.384. The fourth-order valence-corrected chi connectivity index (χ4v) is 1.75. The van der Waals surface area contributed by atoms with Crippen molar-refractivity contribution in [2.75, 3.05) is 0 Å². The Bertz CT molecular complexity index is 531. The molecule has 5 heteroatoms. The highest BCUT2D eigenvalue weighted by Gasteiger charge is 2.11. The summed E-state index contributed by atoms with van der Waals surface area (Å²) >= 11 is 0. The highest BCUT2D eigenvalue weighted by molar-refractivity contribution is 5.78. The normalized spacial score (nSPS) is 10.8. The van der Waals surface area contributed by atoms with Crippen LogP contribution in [0.15, 0.2) is 18.2 Å². The minimum atomic E-state index is -0.403. The van der Waals surface area contributed by atoms with Gasteiger partial charge in [-0.1, -0.05) is 0 Å². The summed E-state index contributed by atoms with van der Waals surface area (Å²) in [7, 11) is 0. The fourth-order valence-electron chi connectivity index (χ4n) is 1.75. The predicted molar refractivity (Wildman–Crippen MR) is 56.8 cm³/mol. The number of nitro groups is 1. The van der Waals surface area contributed by atoms with Crippen LogP contribution in [0.2, 0.25) is 0 Å². The summed E-state index contributed by atoms with van der Waals surface area (Å²) in [5.41, 5.74) is 1.72. The van der Waals surface area contributed by atoms with Gasteiger partial charge in [-0.25, -0.2) is 4.98 Å². The molecule has 0 amide bonds. The molecular formula is C10H11N3O2. The molecule has 0 bridgehead atoms. The molecule has 1 aromatic carbocycles. The average Bonchev–Trinajstić information content (AvgIpc) is 2.51. The van der Waals surface area contributed by atoms with Gasteiger partial charge in [0.2, 0.25) is 0 Å². The number of imidazole rings is 1. The number of hydrogen-bond acceptors (Lipinski definition) is 3. The van der Waals surface area contributed by atoms with Gasteiger partial charge < -0.3 is 4.57 Å². The Hall–Kier alpha value is -1.91. The molecule has 0 saturated carbocycles. The Balaban J connectivity index is 2.69. The molecule has 0 fully saturated rings. The highest BCUT2D eigenvalue weighted by Crippen LogP contribution is 2.21. The van der Waals surface area contributed by atoms with E-state index in [0.29, 0.717) is 5.52 Å². The first-order valence-corrected chi connectivity index (χ1v) is 4.74. The third-order valence-corrected chi connectivity index (χ3v) is 2.45. The standard InChI is InChI=1S/C10H11N3O2/c1-3-12-7(2)11-9-6-8(13(14)15)4-5-10(9)12/h4-6H,3H2,1-2H3. The number of benzene rings is 1. The van der Waals surface area contributed by atoms with Crippen molar-refractivity contribution in [2.45, 2.75) is 20.4 Å². The van der Waals surface area contributed by atoms with Gasteiger partial charge in [0.1, 0.15) is 5.82 Å². The third-order valence-electron chi connectivity index (χ3n) is 2.45. The fraction of sp³-hybridized carbons (Fsp3) is 0.300. The van der Waals surface area contributed by atoms with Gasteiger partial charge in [-0.3, -0.25) is 10.1 Å². The van der Waals surface area contributed by atoms with Crippen LogP contribution in [-0.4, -0.2) is 14.5 Å². The quantitative estimate of drug-likeness (QED) is 0.558. The molecule has 0 saturated heterocycles. The van der Waals surface area contributed by atoms with Crippen LogP contribution in [0.4, 0.5) is 5.69 Å². The number of aromatic nitrogens is 2. The molecule has 0 aliphatic heterocycles. The Morgan fingerprint density at radius 3 is 2.87 bits per heavy atom. The molecule has 2 aromatic rings. The van der Waals surface area contributed by atoms with E-state index in [9.17, 15) is 10.1 Å². The number of nitrogens with zero attached hydrogens (tertiary/aromatic N) is 3. The molecule has 1 heterocycles. The first-order valence-electron chi connectivity index (χ1n) is 4.74. The van der Waals surface area contributed by atoms with Crippen molar-refractivity contribution >= 4 is 16.7 Å². The molecule has 0 N–H and O–H groups in total. The minimum Gasteiger partial charge on any atom is -0.328 e. The summed E-state index contributed by atoms with van der Waals surface area (Å²) in [4.78, 5) is 14.5. The number of aryl methyl sites for hydroxylation is 2. The summed E-state index contributed by atoms with van der Waals surface area (Å²) in [6, 6.07) is 4.76. The highest BCUT2D eigenvalue weighted by atomic mass is 16.6. The van der Waals surface area contributed by atoms with E-state index in [-0.39, 0.29) is 5.69 Å². The van der Waals surface area contributed by atoms with E-state index in [2.05, 4.69) is 4.98 Å². The number of rotatable bonds is 2. The smallest absolute Gasteiger partial charge is 0.271 e. The first kappa shape index (κ1) is 9.64. The van der Waals surface area contributed by atoms with Gasteiger partial charge in [-0.15, -0.1) is 0 Å². The van der Waals surface area contributed by atoms with Crippen LogP contribution in [0.25, 0.3) is 11.0 Å². The molecule has 2 rings (SSSR count). The van der Waals surface area contributed by atoms with Gasteiger partial charge in [0.05, 0.1) is 16.0 Å². The first-order chi connectivity index (χ1) is 7.13. The summed E-state index contributed by atoms with van der Waals surface area (Å²) in [6.45, 7) is 4.74. The van der Waals surface area contributed by atoms with Crippen LogP contribution in [0.1, 0.15) is 12.7 Å². The monoisotopic (exact) mass is 205 g/mol. The molecule has 0 aliphatic rings. The van der Waals surface area contributed by atoms with Crippen LogP contribution >= 0.6 is 0 Å². The zero-order valence-corrected chi connectivity index (χ0v) is 8.60. The largest absolute Gasteiger partial charge is 0.328 e. The van der Waals surface area contributed by atoms with Crippen molar-refractivity contribution in [1.82, 2.24) is 9.55 Å². The van der Waals surface area contributed by atoms with Crippen LogP contribution < -0.4 is 0 Å². The maximum atomic E-state index is 10.6. The molecular weight excluding hydrogens is 194 g/mol. The lowest BCUT2D eigenvalue weighted by Crippen LogP contribution is -1.96. The molecule has 0 aliphatic carbocycles. The van der Waals surface area contributed by atoms with Gasteiger partial charge in [0, 0.05) is 18.7 Å². The Labute approximate surface area is 86.5 Å². The molecule has 0 atom stereocenters. The summed E-state index contributed by atoms with van der Waals surface area (Å²) in [5, 5.41) is 10.6. The van der Waals surface area contributed by atoms with Crippen molar-refractivity contribution in [3.05, 3.63) is 34.1 Å². The Morgan fingerprint density at radius 1 is 1.53 bits per heavy atom. The second-order valence-electron chi connectivity index (χ2n) is 3.33. The second-order valence-corrected chi connectivity index (χ2v) is 3.33. The number of non-ortho nitro benzene ring substituents is 1. The third kappa shape index (κ3) is 1.45. The van der Waals surface area contributed by atoms with Crippen LogP contribution in [0.3, 0.4) is 0 Å². The van der Waals surface area contributed by atoms with Gasteiger partial charge in [0.15, 0.2) is 0 Å². The molecule has 5 nitrogen and oxygen atoms in total. The molecule has 0 spiro atoms. The molecule has 0 unspecified atom stereocenters.